The second-order valence-corrected chi connectivity index (χ2v) is 7.72. The standard InChI is InChI=1S/C23H27N3O4/c27-22(25-16-17-4-2-10-24-15-17)18-5-1-6-20(14-18)30-19-8-11-26(12-9-19)23(28)21-7-3-13-29-21/h1-2,4-6,10,14-15,19,21H,3,7-9,11-13,16H2,(H,25,27). The number of nitrogens with one attached hydrogen (secondary N) is 1. The van der Waals surface area contributed by atoms with Crippen molar-refractivity contribution in [2.75, 3.05) is 19.7 Å². The molecule has 158 valence electrons. The Balaban J connectivity index is 1.27. The van der Waals surface area contributed by atoms with Gasteiger partial charge in [-0.1, -0.05) is 12.1 Å². The van der Waals surface area contributed by atoms with Gasteiger partial charge in [0.2, 0.25) is 0 Å². The molecule has 7 heteroatoms. The number of rotatable bonds is 6. The molecular formula is C23H27N3O4. The Morgan fingerprint density at radius 1 is 1.17 bits per heavy atom. The van der Waals surface area contributed by atoms with Crippen LogP contribution in [0.25, 0.3) is 0 Å². The lowest BCUT2D eigenvalue weighted by Gasteiger charge is -2.33. The Morgan fingerprint density at radius 2 is 2.03 bits per heavy atom. The minimum absolute atomic E-state index is 0.0345. The zero-order valence-corrected chi connectivity index (χ0v) is 17.0. The molecule has 2 aliphatic heterocycles. The maximum absolute atomic E-state index is 12.5. The molecule has 30 heavy (non-hydrogen) atoms. The molecule has 1 aromatic heterocycles. The second kappa shape index (κ2) is 9.71. The van der Waals surface area contributed by atoms with Crippen molar-refractivity contribution in [3.8, 4) is 5.75 Å². The number of carbonyl (C=O) groups is 2. The molecule has 7 nitrogen and oxygen atoms in total. The quantitative estimate of drug-likeness (QED) is 0.793. The summed E-state index contributed by atoms with van der Waals surface area (Å²) in [5.74, 6) is 0.632. The number of aromatic nitrogens is 1. The summed E-state index contributed by atoms with van der Waals surface area (Å²) in [6.45, 7) is 2.46. The minimum Gasteiger partial charge on any atom is -0.490 e. The number of hydrogen-bond donors (Lipinski definition) is 1. The van der Waals surface area contributed by atoms with Crippen molar-refractivity contribution >= 4 is 11.8 Å². The van der Waals surface area contributed by atoms with Crippen molar-refractivity contribution < 1.29 is 19.1 Å². The van der Waals surface area contributed by atoms with E-state index in [-0.39, 0.29) is 24.0 Å². The summed E-state index contributed by atoms with van der Waals surface area (Å²) in [6.07, 6.45) is 6.54. The summed E-state index contributed by atoms with van der Waals surface area (Å²) in [5, 5.41) is 2.90. The zero-order valence-electron chi connectivity index (χ0n) is 17.0. The summed E-state index contributed by atoms with van der Waals surface area (Å²) < 4.78 is 11.6. The van der Waals surface area contributed by atoms with Crippen LogP contribution in [0.5, 0.6) is 5.75 Å². The first-order chi connectivity index (χ1) is 14.7. The first-order valence-electron chi connectivity index (χ1n) is 10.5. The van der Waals surface area contributed by atoms with Gasteiger partial charge >= 0.3 is 0 Å². The number of likely N-dealkylation sites (tertiary alicyclic amines) is 1. The zero-order chi connectivity index (χ0) is 20.8. The van der Waals surface area contributed by atoms with Crippen LogP contribution in [0.4, 0.5) is 0 Å². The molecular weight excluding hydrogens is 382 g/mol. The van der Waals surface area contributed by atoms with Gasteiger partial charge in [-0.3, -0.25) is 14.6 Å². The van der Waals surface area contributed by atoms with Crippen LogP contribution in [0.3, 0.4) is 0 Å². The van der Waals surface area contributed by atoms with E-state index in [0.717, 1.165) is 31.2 Å². The van der Waals surface area contributed by atoms with Crippen molar-refractivity contribution in [1.82, 2.24) is 15.2 Å². The molecule has 0 radical (unpaired) electrons. The van der Waals surface area contributed by atoms with Crippen LogP contribution in [-0.4, -0.2) is 53.6 Å². The average molecular weight is 409 g/mol. The van der Waals surface area contributed by atoms with Crippen molar-refractivity contribution in [3.05, 3.63) is 59.9 Å². The van der Waals surface area contributed by atoms with E-state index in [0.29, 0.717) is 37.6 Å². The van der Waals surface area contributed by atoms with Gasteiger partial charge in [-0.25, -0.2) is 0 Å². The molecule has 0 bridgehead atoms. The predicted octanol–water partition coefficient (Wildman–Crippen LogP) is 2.56. The van der Waals surface area contributed by atoms with E-state index in [9.17, 15) is 9.59 Å². The molecule has 1 atom stereocenters. The highest BCUT2D eigenvalue weighted by Crippen LogP contribution is 2.22. The minimum atomic E-state index is -0.260. The van der Waals surface area contributed by atoms with Crippen LogP contribution in [0.2, 0.25) is 0 Å². The van der Waals surface area contributed by atoms with Gasteiger partial charge in [0.15, 0.2) is 0 Å². The van der Waals surface area contributed by atoms with Gasteiger partial charge in [0.05, 0.1) is 0 Å². The Morgan fingerprint density at radius 3 is 2.77 bits per heavy atom. The van der Waals surface area contributed by atoms with Gasteiger partial charge < -0.3 is 19.7 Å². The molecule has 3 heterocycles. The fourth-order valence-corrected chi connectivity index (χ4v) is 3.86. The third-order valence-electron chi connectivity index (χ3n) is 5.53. The van der Waals surface area contributed by atoms with E-state index in [4.69, 9.17) is 9.47 Å². The molecule has 0 aliphatic carbocycles. The number of ether oxygens (including phenoxy) is 2. The smallest absolute Gasteiger partial charge is 0.251 e. The number of carbonyl (C=O) groups excluding carboxylic acids is 2. The number of amides is 2. The Bertz CT molecular complexity index is 860. The van der Waals surface area contributed by atoms with Gasteiger partial charge in [0.1, 0.15) is 18.0 Å². The van der Waals surface area contributed by atoms with E-state index in [1.165, 1.54) is 0 Å². The normalized spacial score (nSPS) is 19.5. The number of benzene rings is 1. The van der Waals surface area contributed by atoms with Crippen molar-refractivity contribution in [2.24, 2.45) is 0 Å². The topological polar surface area (TPSA) is 80.8 Å². The number of pyridine rings is 1. The Hall–Kier alpha value is -2.93. The third kappa shape index (κ3) is 5.16. The van der Waals surface area contributed by atoms with Crippen LogP contribution in [0.15, 0.2) is 48.8 Å². The number of hydrogen-bond acceptors (Lipinski definition) is 5. The van der Waals surface area contributed by atoms with E-state index in [2.05, 4.69) is 10.3 Å². The van der Waals surface area contributed by atoms with Crippen LogP contribution < -0.4 is 10.1 Å². The maximum atomic E-state index is 12.5. The monoisotopic (exact) mass is 409 g/mol. The van der Waals surface area contributed by atoms with Crippen LogP contribution in [0.1, 0.15) is 41.6 Å². The van der Waals surface area contributed by atoms with E-state index in [1.807, 2.05) is 29.2 Å². The van der Waals surface area contributed by atoms with Crippen molar-refractivity contribution in [2.45, 2.75) is 44.4 Å². The molecule has 2 aromatic rings. The highest BCUT2D eigenvalue weighted by Gasteiger charge is 2.31. The molecule has 2 fully saturated rings. The third-order valence-corrected chi connectivity index (χ3v) is 5.53. The van der Waals surface area contributed by atoms with Gasteiger partial charge in [0.25, 0.3) is 11.8 Å². The molecule has 1 N–H and O–H groups in total. The molecule has 2 saturated heterocycles. The lowest BCUT2D eigenvalue weighted by molar-refractivity contribution is -0.142. The van der Waals surface area contributed by atoms with Crippen molar-refractivity contribution in [3.63, 3.8) is 0 Å². The summed E-state index contributed by atoms with van der Waals surface area (Å²) in [5.41, 5.74) is 1.50. The number of nitrogens with zero attached hydrogens (tertiary/aromatic N) is 2. The molecule has 4 rings (SSSR count). The summed E-state index contributed by atoms with van der Waals surface area (Å²) in [7, 11) is 0. The molecule has 0 saturated carbocycles. The fraction of sp³-hybridized carbons (Fsp3) is 0.435. The van der Waals surface area contributed by atoms with E-state index < -0.39 is 0 Å². The highest BCUT2D eigenvalue weighted by molar-refractivity contribution is 5.94. The van der Waals surface area contributed by atoms with E-state index >= 15 is 0 Å². The lowest BCUT2D eigenvalue weighted by atomic mass is 10.1. The van der Waals surface area contributed by atoms with E-state index in [1.54, 1.807) is 24.5 Å². The SMILES string of the molecule is O=C(NCc1cccnc1)c1cccc(OC2CCN(C(=O)C3CCCO3)CC2)c1. The number of piperidine rings is 1. The van der Waals surface area contributed by atoms with Crippen molar-refractivity contribution in [1.29, 1.82) is 0 Å². The second-order valence-electron chi connectivity index (χ2n) is 7.72. The van der Waals surface area contributed by atoms with Crippen LogP contribution >= 0.6 is 0 Å². The summed E-state index contributed by atoms with van der Waals surface area (Å²) in [4.78, 5) is 30.9. The molecule has 1 unspecified atom stereocenters. The molecule has 0 spiro atoms. The Labute approximate surface area is 176 Å². The summed E-state index contributed by atoms with van der Waals surface area (Å²) in [6, 6.07) is 11.0. The van der Waals surface area contributed by atoms with Gasteiger partial charge in [-0.2, -0.15) is 0 Å². The Kier molecular flexibility index (Phi) is 6.59. The fourth-order valence-electron chi connectivity index (χ4n) is 3.86. The van der Waals surface area contributed by atoms with Gasteiger partial charge in [-0.05, 0) is 42.7 Å². The van der Waals surface area contributed by atoms with Crippen LogP contribution in [-0.2, 0) is 16.1 Å². The predicted molar refractivity (Wildman–Crippen MR) is 111 cm³/mol. The van der Waals surface area contributed by atoms with Gasteiger partial charge in [0, 0.05) is 57.0 Å². The molecule has 1 aromatic carbocycles. The molecule has 2 aliphatic rings. The molecule has 2 amide bonds. The van der Waals surface area contributed by atoms with Gasteiger partial charge in [-0.15, -0.1) is 0 Å². The van der Waals surface area contributed by atoms with Crippen LogP contribution in [0, 0.1) is 0 Å². The lowest BCUT2D eigenvalue weighted by Crippen LogP contribution is -2.45. The highest BCUT2D eigenvalue weighted by atomic mass is 16.5. The summed E-state index contributed by atoms with van der Waals surface area (Å²) >= 11 is 0. The largest absolute Gasteiger partial charge is 0.490 e. The first kappa shape index (κ1) is 20.3. The maximum Gasteiger partial charge on any atom is 0.251 e. The average Bonchev–Trinajstić information content (AvgIpc) is 3.33. The first-order valence-corrected chi connectivity index (χ1v) is 10.5.